The van der Waals surface area contributed by atoms with Crippen molar-refractivity contribution in [3.63, 3.8) is 0 Å². The van der Waals surface area contributed by atoms with Crippen LogP contribution in [0.4, 0.5) is 5.69 Å². The molecule has 0 aromatic heterocycles. The molecule has 2 aromatic carbocycles. The topological polar surface area (TPSA) is 18.5 Å². The van der Waals surface area contributed by atoms with Gasteiger partial charge in [-0.3, -0.25) is 4.90 Å². The molecule has 2 aromatic rings. The number of hydrogen-bond acceptors (Lipinski definition) is 3. The van der Waals surface area contributed by atoms with Crippen LogP contribution in [0.5, 0.6) is 0 Å². The zero-order valence-electron chi connectivity index (χ0n) is 15.5. The molecule has 2 atom stereocenters. The highest BCUT2D eigenvalue weighted by atomic mass is 35.5. The van der Waals surface area contributed by atoms with E-state index in [1.54, 1.807) is 0 Å². The Balaban J connectivity index is 0.00000121. The highest BCUT2D eigenvalue weighted by Crippen LogP contribution is 2.40. The maximum absolute atomic E-state index is 3.56. The smallest absolute Gasteiger partial charge is 0.0476 e. The molecule has 0 amide bonds. The van der Waals surface area contributed by atoms with Crippen LogP contribution in [-0.4, -0.2) is 44.7 Å². The van der Waals surface area contributed by atoms with Gasteiger partial charge in [-0.1, -0.05) is 36.4 Å². The zero-order chi connectivity index (χ0) is 16.5. The molecule has 2 aliphatic rings. The third-order valence-electron chi connectivity index (χ3n) is 5.69. The number of nitrogens with one attached hydrogen (secondary N) is 1. The normalized spacial score (nSPS) is 21.6. The second-order valence-electron chi connectivity index (χ2n) is 7.01. The molecule has 1 N–H and O–H groups in total. The third-order valence-corrected chi connectivity index (χ3v) is 5.69. The van der Waals surface area contributed by atoms with Gasteiger partial charge in [0.2, 0.25) is 0 Å². The van der Waals surface area contributed by atoms with Gasteiger partial charge >= 0.3 is 0 Å². The van der Waals surface area contributed by atoms with E-state index in [4.69, 9.17) is 0 Å². The Morgan fingerprint density at radius 3 is 2.62 bits per heavy atom. The SMILES string of the molecule is CCN(C)c1cccc(C2CN3CCNCC3c3ccccc32)c1.Cl.Cl. The largest absolute Gasteiger partial charge is 0.375 e. The molecule has 3 nitrogen and oxygen atoms in total. The fourth-order valence-corrected chi connectivity index (χ4v) is 4.18. The van der Waals surface area contributed by atoms with Crippen LogP contribution in [0.1, 0.15) is 35.6 Å². The van der Waals surface area contributed by atoms with Crippen LogP contribution < -0.4 is 10.2 Å². The minimum Gasteiger partial charge on any atom is -0.375 e. The second-order valence-corrected chi connectivity index (χ2v) is 7.01. The molecule has 0 saturated carbocycles. The molecule has 2 heterocycles. The third kappa shape index (κ3) is 3.86. The van der Waals surface area contributed by atoms with Gasteiger partial charge in [-0.05, 0) is 35.7 Å². The Bertz CT molecular complexity index is 722. The van der Waals surface area contributed by atoms with E-state index in [1.165, 1.54) is 22.4 Å². The highest BCUT2D eigenvalue weighted by molar-refractivity contribution is 5.85. The summed E-state index contributed by atoms with van der Waals surface area (Å²) in [6, 6.07) is 18.7. The lowest BCUT2D eigenvalue weighted by Crippen LogP contribution is -2.50. The quantitative estimate of drug-likeness (QED) is 0.847. The molecule has 4 rings (SSSR count). The van der Waals surface area contributed by atoms with Crippen LogP contribution in [0.15, 0.2) is 48.5 Å². The second kappa shape index (κ2) is 9.09. The summed E-state index contributed by atoms with van der Waals surface area (Å²) in [6.45, 7) is 7.68. The van der Waals surface area contributed by atoms with E-state index in [1.807, 2.05) is 0 Å². The van der Waals surface area contributed by atoms with Crippen molar-refractivity contribution in [2.45, 2.75) is 18.9 Å². The standard InChI is InChI=1S/C21H27N3.2ClH/c1-3-23(2)17-8-6-7-16(13-17)20-15-24-12-11-22-14-21(24)19-10-5-4-9-18(19)20;;/h4-10,13,20-22H,3,11-12,14-15H2,1-2H3;2*1H. The van der Waals surface area contributed by atoms with Crippen molar-refractivity contribution in [3.8, 4) is 0 Å². The Morgan fingerprint density at radius 1 is 1.08 bits per heavy atom. The summed E-state index contributed by atoms with van der Waals surface area (Å²) in [7, 11) is 2.17. The summed E-state index contributed by atoms with van der Waals surface area (Å²) in [6.07, 6.45) is 0. The molecule has 142 valence electrons. The van der Waals surface area contributed by atoms with Crippen LogP contribution in [0.25, 0.3) is 0 Å². The Kier molecular flexibility index (Phi) is 7.36. The zero-order valence-corrected chi connectivity index (χ0v) is 17.2. The molecule has 1 saturated heterocycles. The van der Waals surface area contributed by atoms with Gasteiger partial charge in [0.15, 0.2) is 0 Å². The summed E-state index contributed by atoms with van der Waals surface area (Å²) in [5.41, 5.74) is 5.78. The average molecular weight is 394 g/mol. The van der Waals surface area contributed by atoms with Crippen LogP contribution in [0.2, 0.25) is 0 Å². The fourth-order valence-electron chi connectivity index (χ4n) is 4.18. The molecule has 5 heteroatoms. The lowest BCUT2D eigenvalue weighted by Gasteiger charge is -2.44. The van der Waals surface area contributed by atoms with E-state index < -0.39 is 0 Å². The average Bonchev–Trinajstić information content (AvgIpc) is 2.67. The van der Waals surface area contributed by atoms with Crippen molar-refractivity contribution in [3.05, 3.63) is 65.2 Å². The number of halogens is 2. The molecule has 2 unspecified atom stereocenters. The van der Waals surface area contributed by atoms with Crippen molar-refractivity contribution in [2.75, 3.05) is 44.7 Å². The van der Waals surface area contributed by atoms with E-state index in [9.17, 15) is 0 Å². The van der Waals surface area contributed by atoms with Crippen molar-refractivity contribution < 1.29 is 0 Å². The first-order valence-corrected chi connectivity index (χ1v) is 9.12. The van der Waals surface area contributed by atoms with Gasteiger partial charge in [-0.2, -0.15) is 0 Å². The summed E-state index contributed by atoms with van der Waals surface area (Å²) in [4.78, 5) is 4.98. The van der Waals surface area contributed by atoms with Gasteiger partial charge in [0, 0.05) is 57.4 Å². The Morgan fingerprint density at radius 2 is 1.85 bits per heavy atom. The van der Waals surface area contributed by atoms with Gasteiger partial charge < -0.3 is 10.2 Å². The van der Waals surface area contributed by atoms with E-state index in [-0.39, 0.29) is 24.8 Å². The Labute approximate surface area is 169 Å². The summed E-state index contributed by atoms with van der Waals surface area (Å²) >= 11 is 0. The van der Waals surface area contributed by atoms with Crippen LogP contribution in [0, 0.1) is 0 Å². The van der Waals surface area contributed by atoms with Crippen molar-refractivity contribution in [2.24, 2.45) is 0 Å². The first kappa shape index (κ1) is 21.0. The summed E-state index contributed by atoms with van der Waals surface area (Å²) in [5, 5.41) is 3.56. The van der Waals surface area contributed by atoms with Crippen molar-refractivity contribution >= 4 is 30.5 Å². The highest BCUT2D eigenvalue weighted by Gasteiger charge is 2.34. The van der Waals surface area contributed by atoms with Gasteiger partial charge in [-0.15, -0.1) is 24.8 Å². The first-order chi connectivity index (χ1) is 11.8. The summed E-state index contributed by atoms with van der Waals surface area (Å²) < 4.78 is 0. The first-order valence-electron chi connectivity index (χ1n) is 9.12. The lowest BCUT2D eigenvalue weighted by atomic mass is 9.80. The molecule has 2 aliphatic heterocycles. The number of piperazine rings is 1. The van der Waals surface area contributed by atoms with Crippen molar-refractivity contribution in [1.82, 2.24) is 10.2 Å². The molecular formula is C21H29Cl2N3. The van der Waals surface area contributed by atoms with E-state index in [0.717, 1.165) is 32.7 Å². The maximum atomic E-state index is 3.56. The van der Waals surface area contributed by atoms with Crippen molar-refractivity contribution in [1.29, 1.82) is 0 Å². The maximum Gasteiger partial charge on any atom is 0.0476 e. The number of fused-ring (bicyclic) bond motifs is 3. The number of benzene rings is 2. The molecule has 0 bridgehead atoms. The minimum absolute atomic E-state index is 0. The molecule has 0 radical (unpaired) electrons. The summed E-state index contributed by atoms with van der Waals surface area (Å²) in [5.74, 6) is 0.473. The molecule has 1 fully saturated rings. The van der Waals surface area contributed by atoms with Crippen LogP contribution >= 0.6 is 24.8 Å². The Hall–Kier alpha value is -1.26. The van der Waals surface area contributed by atoms with E-state index >= 15 is 0 Å². The monoisotopic (exact) mass is 393 g/mol. The molecule has 26 heavy (non-hydrogen) atoms. The number of anilines is 1. The lowest BCUT2D eigenvalue weighted by molar-refractivity contribution is 0.143. The number of hydrogen-bond donors (Lipinski definition) is 1. The molecule has 0 spiro atoms. The predicted octanol–water partition coefficient (Wildman–Crippen LogP) is 4.08. The predicted molar refractivity (Wildman–Crippen MR) is 115 cm³/mol. The fraction of sp³-hybridized carbons (Fsp3) is 0.429. The van der Waals surface area contributed by atoms with E-state index in [0.29, 0.717) is 12.0 Å². The number of rotatable bonds is 3. The molecule has 0 aliphatic carbocycles. The van der Waals surface area contributed by atoms with Gasteiger partial charge in [0.25, 0.3) is 0 Å². The van der Waals surface area contributed by atoms with Crippen LogP contribution in [0.3, 0.4) is 0 Å². The molecular weight excluding hydrogens is 365 g/mol. The van der Waals surface area contributed by atoms with Gasteiger partial charge in [-0.25, -0.2) is 0 Å². The van der Waals surface area contributed by atoms with Gasteiger partial charge in [0.1, 0.15) is 0 Å². The van der Waals surface area contributed by atoms with Crippen LogP contribution in [-0.2, 0) is 0 Å². The number of nitrogens with zero attached hydrogens (tertiary/aromatic N) is 2. The minimum atomic E-state index is 0. The van der Waals surface area contributed by atoms with E-state index in [2.05, 4.69) is 77.6 Å². The van der Waals surface area contributed by atoms with Gasteiger partial charge in [0.05, 0.1) is 0 Å².